The van der Waals surface area contributed by atoms with Crippen LogP contribution in [0.5, 0.6) is 0 Å². The number of aromatic nitrogens is 1. The number of nitrogens with one attached hydrogen (secondary N) is 2. The number of aryl methyl sites for hydroxylation is 2. The van der Waals surface area contributed by atoms with Crippen LogP contribution in [0, 0.1) is 6.92 Å². The predicted octanol–water partition coefficient (Wildman–Crippen LogP) is 3.69. The fraction of sp³-hybridized carbons (Fsp3) is 0.136. The Morgan fingerprint density at radius 1 is 0.852 bits per heavy atom. The molecule has 2 N–H and O–H groups in total. The third kappa shape index (κ3) is 4.39. The van der Waals surface area contributed by atoms with Crippen LogP contribution in [0.3, 0.4) is 0 Å². The number of amides is 2. The Balaban J connectivity index is 1.66. The summed E-state index contributed by atoms with van der Waals surface area (Å²) < 4.78 is 0. The Morgan fingerprint density at radius 3 is 2.15 bits per heavy atom. The highest BCUT2D eigenvalue weighted by molar-refractivity contribution is 5.99. The summed E-state index contributed by atoms with van der Waals surface area (Å²) in [5.41, 5.74) is 9.31. The molecule has 0 saturated heterocycles. The summed E-state index contributed by atoms with van der Waals surface area (Å²) in [6, 6.07) is 20.5. The number of hydrogen-bond acceptors (Lipinski definition) is 3. The van der Waals surface area contributed by atoms with Crippen molar-refractivity contribution in [2.75, 3.05) is 0 Å². The molecule has 1 heterocycles. The zero-order valence-corrected chi connectivity index (χ0v) is 15.3. The van der Waals surface area contributed by atoms with Crippen molar-refractivity contribution in [2.45, 2.75) is 20.3 Å². The van der Waals surface area contributed by atoms with Gasteiger partial charge < -0.3 is 0 Å². The minimum Gasteiger partial charge on any atom is -0.267 e. The molecule has 0 fully saturated rings. The number of nitrogens with zero attached hydrogens (tertiary/aromatic N) is 1. The summed E-state index contributed by atoms with van der Waals surface area (Å²) in [5.74, 6) is -0.768. The number of pyridine rings is 1. The number of hydrazine groups is 1. The zero-order valence-electron chi connectivity index (χ0n) is 15.3. The van der Waals surface area contributed by atoms with Gasteiger partial charge in [-0.05, 0) is 43.2 Å². The van der Waals surface area contributed by atoms with Gasteiger partial charge in [0.2, 0.25) is 0 Å². The van der Waals surface area contributed by atoms with Gasteiger partial charge in [-0.25, -0.2) is 0 Å². The van der Waals surface area contributed by atoms with Crippen molar-refractivity contribution in [3.8, 4) is 11.3 Å². The van der Waals surface area contributed by atoms with E-state index in [1.54, 1.807) is 31.2 Å². The first-order valence-electron chi connectivity index (χ1n) is 8.81. The molecular weight excluding hydrogens is 338 g/mol. The molecule has 27 heavy (non-hydrogen) atoms. The van der Waals surface area contributed by atoms with E-state index in [1.807, 2.05) is 42.5 Å². The maximum Gasteiger partial charge on any atom is 0.271 e. The summed E-state index contributed by atoms with van der Waals surface area (Å²) in [7, 11) is 0. The molecule has 0 atom stereocenters. The molecule has 3 aromatic rings. The lowest BCUT2D eigenvalue weighted by atomic mass is 10.1. The summed E-state index contributed by atoms with van der Waals surface area (Å²) in [6.07, 6.45) is 0.907. The monoisotopic (exact) mass is 359 g/mol. The number of hydrogen-bond donors (Lipinski definition) is 2. The zero-order chi connectivity index (χ0) is 19.2. The smallest absolute Gasteiger partial charge is 0.267 e. The van der Waals surface area contributed by atoms with Crippen molar-refractivity contribution in [1.82, 2.24) is 15.8 Å². The van der Waals surface area contributed by atoms with Crippen LogP contribution >= 0.6 is 0 Å². The molecule has 0 unspecified atom stereocenters. The van der Waals surface area contributed by atoms with Gasteiger partial charge in [0.05, 0.1) is 17.0 Å². The highest BCUT2D eigenvalue weighted by atomic mass is 16.2. The van der Waals surface area contributed by atoms with Gasteiger partial charge in [-0.2, -0.15) is 0 Å². The average molecular weight is 359 g/mol. The molecule has 0 aliphatic heterocycles. The lowest BCUT2D eigenvalue weighted by Gasteiger charge is -2.10. The predicted molar refractivity (Wildman–Crippen MR) is 105 cm³/mol. The molecule has 3 rings (SSSR count). The van der Waals surface area contributed by atoms with Crippen molar-refractivity contribution >= 4 is 11.8 Å². The first-order valence-corrected chi connectivity index (χ1v) is 8.81. The third-order valence-electron chi connectivity index (χ3n) is 4.31. The average Bonchev–Trinajstić information content (AvgIpc) is 2.72. The molecule has 0 aliphatic rings. The summed E-state index contributed by atoms with van der Waals surface area (Å²) >= 11 is 0. The van der Waals surface area contributed by atoms with Gasteiger partial charge in [0.25, 0.3) is 11.8 Å². The van der Waals surface area contributed by atoms with Crippen molar-refractivity contribution in [2.24, 2.45) is 0 Å². The van der Waals surface area contributed by atoms with Crippen LogP contribution in [0.2, 0.25) is 0 Å². The van der Waals surface area contributed by atoms with Gasteiger partial charge >= 0.3 is 0 Å². The Kier molecular flexibility index (Phi) is 5.61. The van der Waals surface area contributed by atoms with Gasteiger partial charge in [-0.1, -0.05) is 49.4 Å². The van der Waals surface area contributed by atoms with Gasteiger partial charge in [0, 0.05) is 11.1 Å². The van der Waals surface area contributed by atoms with E-state index in [1.165, 1.54) is 0 Å². The Bertz CT molecular complexity index is 951. The van der Waals surface area contributed by atoms with Gasteiger partial charge in [0.15, 0.2) is 0 Å². The first kappa shape index (κ1) is 18.3. The molecule has 0 bridgehead atoms. The first-order chi connectivity index (χ1) is 13.1. The van der Waals surface area contributed by atoms with Gasteiger partial charge in [0.1, 0.15) is 0 Å². The van der Waals surface area contributed by atoms with E-state index in [0.717, 1.165) is 23.2 Å². The van der Waals surface area contributed by atoms with Gasteiger partial charge in [-0.3, -0.25) is 25.4 Å². The van der Waals surface area contributed by atoms with E-state index in [-0.39, 0.29) is 5.91 Å². The second kappa shape index (κ2) is 8.27. The number of rotatable bonds is 4. The maximum atomic E-state index is 12.4. The number of carbonyl (C=O) groups excluding carboxylic acids is 2. The Morgan fingerprint density at radius 2 is 1.52 bits per heavy atom. The molecule has 5 nitrogen and oxygen atoms in total. The lowest BCUT2D eigenvalue weighted by Crippen LogP contribution is -2.41. The maximum absolute atomic E-state index is 12.4. The van der Waals surface area contributed by atoms with Crippen LogP contribution in [-0.2, 0) is 6.42 Å². The van der Waals surface area contributed by atoms with Crippen LogP contribution in [0.4, 0.5) is 0 Å². The van der Waals surface area contributed by atoms with Crippen LogP contribution in [-0.4, -0.2) is 16.8 Å². The highest BCUT2D eigenvalue weighted by Gasteiger charge is 2.13. The van der Waals surface area contributed by atoms with Crippen molar-refractivity contribution in [3.05, 3.63) is 89.1 Å². The minimum atomic E-state index is -0.404. The summed E-state index contributed by atoms with van der Waals surface area (Å²) in [5, 5.41) is 0. The van der Waals surface area contributed by atoms with E-state index < -0.39 is 5.91 Å². The second-order valence-electron chi connectivity index (χ2n) is 6.15. The quantitative estimate of drug-likeness (QED) is 0.698. The minimum absolute atomic E-state index is 0.363. The van der Waals surface area contributed by atoms with E-state index in [2.05, 4.69) is 22.8 Å². The molecular formula is C22H21N3O2. The summed E-state index contributed by atoms with van der Waals surface area (Å²) in [4.78, 5) is 29.0. The standard InChI is InChI=1S/C22H21N3O2/c1-3-16-9-11-18(12-10-16)21(26)24-25-22(27)19-13-14-20(23-15(19)2)17-7-5-4-6-8-17/h4-14H,3H2,1-2H3,(H,24,26)(H,25,27). The molecule has 0 aliphatic carbocycles. The largest absolute Gasteiger partial charge is 0.271 e. The molecule has 0 saturated carbocycles. The Labute approximate surface area is 158 Å². The van der Waals surface area contributed by atoms with E-state index in [9.17, 15) is 9.59 Å². The number of carbonyl (C=O) groups is 2. The molecule has 1 aromatic heterocycles. The lowest BCUT2D eigenvalue weighted by molar-refractivity contribution is 0.0846. The fourth-order valence-corrected chi connectivity index (χ4v) is 2.72. The second-order valence-corrected chi connectivity index (χ2v) is 6.15. The fourth-order valence-electron chi connectivity index (χ4n) is 2.72. The Hall–Kier alpha value is -3.47. The topological polar surface area (TPSA) is 71.1 Å². The van der Waals surface area contributed by atoms with Gasteiger partial charge in [-0.15, -0.1) is 0 Å². The molecule has 0 spiro atoms. The molecule has 5 heteroatoms. The van der Waals surface area contributed by atoms with Crippen molar-refractivity contribution in [1.29, 1.82) is 0 Å². The SMILES string of the molecule is CCc1ccc(C(=O)NNC(=O)c2ccc(-c3ccccc3)nc2C)cc1. The van der Waals surface area contributed by atoms with E-state index >= 15 is 0 Å². The van der Waals surface area contributed by atoms with E-state index in [4.69, 9.17) is 0 Å². The van der Waals surface area contributed by atoms with Crippen LogP contribution < -0.4 is 10.9 Å². The molecule has 0 radical (unpaired) electrons. The van der Waals surface area contributed by atoms with Crippen molar-refractivity contribution in [3.63, 3.8) is 0 Å². The number of benzene rings is 2. The molecule has 2 amide bonds. The highest BCUT2D eigenvalue weighted by Crippen LogP contribution is 2.18. The van der Waals surface area contributed by atoms with Crippen LogP contribution in [0.1, 0.15) is 38.9 Å². The third-order valence-corrected chi connectivity index (χ3v) is 4.31. The molecule has 136 valence electrons. The molecule has 2 aromatic carbocycles. The summed E-state index contributed by atoms with van der Waals surface area (Å²) in [6.45, 7) is 3.82. The van der Waals surface area contributed by atoms with E-state index in [0.29, 0.717) is 16.8 Å². The van der Waals surface area contributed by atoms with Crippen LogP contribution in [0.25, 0.3) is 11.3 Å². The van der Waals surface area contributed by atoms with Crippen LogP contribution in [0.15, 0.2) is 66.7 Å². The van der Waals surface area contributed by atoms with Crippen molar-refractivity contribution < 1.29 is 9.59 Å². The normalized spacial score (nSPS) is 10.3.